The van der Waals surface area contributed by atoms with Gasteiger partial charge in [0.15, 0.2) is 0 Å². The van der Waals surface area contributed by atoms with Crippen molar-refractivity contribution < 1.29 is 4.74 Å². The molecule has 0 unspecified atom stereocenters. The number of ether oxygens (including phenoxy) is 1. The number of pyridine rings is 1. The molecule has 1 N–H and O–H groups in total. The Morgan fingerprint density at radius 1 is 1.04 bits per heavy atom. The van der Waals surface area contributed by atoms with Crippen LogP contribution in [0.15, 0.2) is 30.7 Å². The fourth-order valence-electron chi connectivity index (χ4n) is 4.09. The van der Waals surface area contributed by atoms with Crippen LogP contribution in [0.2, 0.25) is 0 Å². The van der Waals surface area contributed by atoms with E-state index in [0.717, 1.165) is 63.7 Å². The lowest BCUT2D eigenvalue weighted by Crippen LogP contribution is -2.43. The summed E-state index contributed by atoms with van der Waals surface area (Å²) in [6.45, 7) is 11.5. The van der Waals surface area contributed by atoms with Crippen LogP contribution in [0.3, 0.4) is 0 Å². The maximum Gasteiger partial charge on any atom is 0.222 e. The van der Waals surface area contributed by atoms with Crippen LogP contribution in [0.25, 0.3) is 0 Å². The molecule has 150 valence electrons. The minimum atomic E-state index is 0.381. The van der Waals surface area contributed by atoms with Gasteiger partial charge in [0.2, 0.25) is 5.95 Å². The molecule has 28 heavy (non-hydrogen) atoms. The summed E-state index contributed by atoms with van der Waals surface area (Å²) < 4.78 is 5.97. The maximum absolute atomic E-state index is 5.97. The summed E-state index contributed by atoms with van der Waals surface area (Å²) in [5.74, 6) is 1.21. The second kappa shape index (κ2) is 8.94. The molecule has 0 radical (unpaired) electrons. The molecule has 7 heteroatoms. The van der Waals surface area contributed by atoms with Crippen molar-refractivity contribution in [2.75, 3.05) is 44.7 Å². The predicted molar refractivity (Wildman–Crippen MR) is 109 cm³/mol. The zero-order valence-corrected chi connectivity index (χ0v) is 16.8. The normalized spacial score (nSPS) is 23.4. The SMILES string of the molecule is CCNc1ncc(CN2C[C@H]3COC[C@@H]2CN(Cc2ccc(C)cn2)C3)cn1. The highest BCUT2D eigenvalue weighted by atomic mass is 16.5. The minimum Gasteiger partial charge on any atom is -0.379 e. The van der Waals surface area contributed by atoms with E-state index in [0.29, 0.717) is 17.9 Å². The molecular weight excluding hydrogens is 352 g/mol. The molecule has 4 rings (SSSR count). The van der Waals surface area contributed by atoms with Gasteiger partial charge in [-0.3, -0.25) is 14.8 Å². The van der Waals surface area contributed by atoms with Gasteiger partial charge in [-0.2, -0.15) is 0 Å². The second-order valence-corrected chi connectivity index (χ2v) is 7.95. The Hall–Kier alpha value is -2.09. The second-order valence-electron chi connectivity index (χ2n) is 7.95. The summed E-state index contributed by atoms with van der Waals surface area (Å²) in [5, 5.41) is 3.15. The van der Waals surface area contributed by atoms with Crippen LogP contribution in [-0.4, -0.2) is 70.2 Å². The number of aryl methyl sites for hydroxylation is 1. The fraction of sp³-hybridized carbons (Fsp3) is 0.571. The van der Waals surface area contributed by atoms with Gasteiger partial charge in [0.1, 0.15) is 0 Å². The first-order valence-electron chi connectivity index (χ1n) is 10.2. The third-order valence-corrected chi connectivity index (χ3v) is 5.44. The average Bonchev–Trinajstić information content (AvgIpc) is 2.95. The van der Waals surface area contributed by atoms with E-state index in [9.17, 15) is 0 Å². The molecule has 0 spiro atoms. The highest BCUT2D eigenvalue weighted by Gasteiger charge is 2.33. The van der Waals surface area contributed by atoms with Crippen molar-refractivity contribution in [2.24, 2.45) is 5.92 Å². The molecule has 0 aromatic carbocycles. The Bertz CT molecular complexity index is 750. The minimum absolute atomic E-state index is 0.381. The quantitative estimate of drug-likeness (QED) is 0.819. The Kier molecular flexibility index (Phi) is 6.14. The highest BCUT2D eigenvalue weighted by Crippen LogP contribution is 2.22. The van der Waals surface area contributed by atoms with Crippen molar-refractivity contribution in [2.45, 2.75) is 33.0 Å². The monoisotopic (exact) mass is 382 g/mol. The van der Waals surface area contributed by atoms with Crippen molar-refractivity contribution in [1.82, 2.24) is 24.8 Å². The van der Waals surface area contributed by atoms with Gasteiger partial charge >= 0.3 is 0 Å². The number of rotatable bonds is 6. The molecule has 2 aliphatic rings. The summed E-state index contributed by atoms with van der Waals surface area (Å²) in [6.07, 6.45) is 5.84. The summed E-state index contributed by atoms with van der Waals surface area (Å²) in [5.41, 5.74) is 3.50. The van der Waals surface area contributed by atoms with Crippen LogP contribution in [0.5, 0.6) is 0 Å². The molecule has 2 saturated heterocycles. The van der Waals surface area contributed by atoms with Crippen molar-refractivity contribution in [1.29, 1.82) is 0 Å². The van der Waals surface area contributed by atoms with E-state index in [4.69, 9.17) is 4.74 Å². The number of anilines is 1. The number of hydrogen-bond acceptors (Lipinski definition) is 7. The molecule has 2 atom stereocenters. The van der Waals surface area contributed by atoms with Crippen molar-refractivity contribution >= 4 is 5.95 Å². The van der Waals surface area contributed by atoms with Crippen LogP contribution in [0.1, 0.15) is 23.7 Å². The first-order chi connectivity index (χ1) is 13.7. The summed E-state index contributed by atoms with van der Waals surface area (Å²) in [7, 11) is 0. The first-order valence-corrected chi connectivity index (χ1v) is 10.2. The lowest BCUT2D eigenvalue weighted by atomic mass is 10.1. The number of hydrogen-bond donors (Lipinski definition) is 1. The zero-order chi connectivity index (χ0) is 19.3. The largest absolute Gasteiger partial charge is 0.379 e. The predicted octanol–water partition coefficient (Wildman–Crippen LogP) is 1.94. The van der Waals surface area contributed by atoms with Crippen molar-refractivity contribution in [3.63, 3.8) is 0 Å². The smallest absolute Gasteiger partial charge is 0.222 e. The van der Waals surface area contributed by atoms with Crippen LogP contribution in [0.4, 0.5) is 5.95 Å². The van der Waals surface area contributed by atoms with E-state index in [-0.39, 0.29) is 0 Å². The Balaban J connectivity index is 1.43. The third-order valence-electron chi connectivity index (χ3n) is 5.44. The molecular formula is C21H30N6O. The lowest BCUT2D eigenvalue weighted by Gasteiger charge is -2.31. The molecule has 2 aromatic heterocycles. The van der Waals surface area contributed by atoms with Crippen molar-refractivity contribution in [3.05, 3.63) is 47.5 Å². The first kappa shape index (κ1) is 19.2. The summed E-state index contributed by atoms with van der Waals surface area (Å²) >= 11 is 0. The summed E-state index contributed by atoms with van der Waals surface area (Å²) in [6, 6.07) is 4.67. The average molecular weight is 383 g/mol. The molecule has 2 aromatic rings. The van der Waals surface area contributed by atoms with Gasteiger partial charge < -0.3 is 10.1 Å². The standard InChI is InChI=1S/C21H30N6O/c1-3-22-21-24-7-17(8-25-21)10-27-11-18-9-26(13-20(27)15-28-14-18)12-19-5-4-16(2)6-23-19/h4-8,18,20H,3,9-15H2,1-2H3,(H,22,24,25)/t18-,20-/m0/s1. The van der Waals surface area contributed by atoms with Gasteiger partial charge in [-0.25, -0.2) is 9.97 Å². The number of nitrogens with zero attached hydrogens (tertiary/aromatic N) is 5. The molecule has 4 heterocycles. The van der Waals surface area contributed by atoms with Crippen LogP contribution < -0.4 is 5.32 Å². The van der Waals surface area contributed by atoms with Crippen LogP contribution in [-0.2, 0) is 17.8 Å². The van der Waals surface area contributed by atoms with Gasteiger partial charge in [0.25, 0.3) is 0 Å². The number of fused-ring (bicyclic) bond motifs is 3. The summed E-state index contributed by atoms with van der Waals surface area (Å²) in [4.78, 5) is 18.5. The van der Waals surface area contributed by atoms with E-state index in [2.05, 4.69) is 49.1 Å². The molecule has 2 aliphatic heterocycles. The maximum atomic E-state index is 5.97. The topological polar surface area (TPSA) is 66.4 Å². The third kappa shape index (κ3) is 4.84. The van der Waals surface area contributed by atoms with Gasteiger partial charge in [-0.05, 0) is 25.5 Å². The number of nitrogens with one attached hydrogen (secondary N) is 1. The van der Waals surface area contributed by atoms with Gasteiger partial charge in [-0.15, -0.1) is 0 Å². The molecule has 0 amide bonds. The van der Waals surface area contributed by atoms with E-state index in [1.54, 1.807) is 0 Å². The molecule has 2 bridgehead atoms. The molecule has 0 aliphatic carbocycles. The van der Waals surface area contributed by atoms with Crippen LogP contribution in [0, 0.1) is 12.8 Å². The van der Waals surface area contributed by atoms with Gasteiger partial charge in [0, 0.05) is 75.4 Å². The Morgan fingerprint density at radius 2 is 1.89 bits per heavy atom. The Morgan fingerprint density at radius 3 is 2.64 bits per heavy atom. The van der Waals surface area contributed by atoms with Gasteiger partial charge in [-0.1, -0.05) is 6.07 Å². The Labute approximate surface area is 167 Å². The highest BCUT2D eigenvalue weighted by molar-refractivity contribution is 5.24. The molecule has 2 fully saturated rings. The zero-order valence-electron chi connectivity index (χ0n) is 16.8. The molecule has 7 nitrogen and oxygen atoms in total. The van der Waals surface area contributed by atoms with Crippen molar-refractivity contribution in [3.8, 4) is 0 Å². The van der Waals surface area contributed by atoms with E-state index < -0.39 is 0 Å². The molecule has 0 saturated carbocycles. The van der Waals surface area contributed by atoms with E-state index in [1.165, 1.54) is 5.56 Å². The van der Waals surface area contributed by atoms with Gasteiger partial charge in [0.05, 0.1) is 18.9 Å². The fourth-order valence-corrected chi connectivity index (χ4v) is 4.09. The van der Waals surface area contributed by atoms with E-state index in [1.807, 2.05) is 25.5 Å². The van der Waals surface area contributed by atoms with Crippen LogP contribution >= 0.6 is 0 Å². The van der Waals surface area contributed by atoms with E-state index >= 15 is 0 Å². The number of aromatic nitrogens is 3. The lowest BCUT2D eigenvalue weighted by molar-refractivity contribution is 0.0466.